The van der Waals surface area contributed by atoms with E-state index in [1.807, 2.05) is 72.8 Å². The Labute approximate surface area is 175 Å². The summed E-state index contributed by atoms with van der Waals surface area (Å²) in [4.78, 5) is 21.1. The van der Waals surface area contributed by atoms with Gasteiger partial charge < -0.3 is 10.6 Å². The molecule has 3 aromatic carbocycles. The minimum Gasteiger partial charge on any atom is -0.350 e. The highest BCUT2D eigenvalue weighted by atomic mass is 16.1. The maximum absolute atomic E-state index is 12.4. The maximum atomic E-state index is 12.4. The average Bonchev–Trinajstić information content (AvgIpc) is 2.83. The predicted molar refractivity (Wildman–Crippen MR) is 119 cm³/mol. The fraction of sp³-hybridized carbons (Fsp3) is 0.0800. The van der Waals surface area contributed by atoms with Crippen LogP contribution in [0.4, 0.5) is 5.95 Å². The Kier molecular flexibility index (Phi) is 6.11. The lowest BCUT2D eigenvalue weighted by atomic mass is 10.1. The Morgan fingerprint density at radius 2 is 1.23 bits per heavy atom. The van der Waals surface area contributed by atoms with Gasteiger partial charge in [-0.15, -0.1) is 0 Å². The molecule has 0 saturated carbocycles. The molecule has 0 aliphatic heterocycles. The third-order valence-corrected chi connectivity index (χ3v) is 4.72. The number of carbonyl (C=O) groups excluding carboxylic acids is 1. The second-order valence-corrected chi connectivity index (χ2v) is 6.88. The number of aromatic nitrogens is 2. The van der Waals surface area contributed by atoms with E-state index in [0.717, 1.165) is 16.7 Å². The van der Waals surface area contributed by atoms with Crippen molar-refractivity contribution < 1.29 is 4.79 Å². The summed E-state index contributed by atoms with van der Waals surface area (Å²) in [7, 11) is 0. The molecule has 148 valence electrons. The van der Waals surface area contributed by atoms with Crippen LogP contribution in [-0.2, 0) is 13.1 Å². The van der Waals surface area contributed by atoms with Gasteiger partial charge in [0.1, 0.15) is 0 Å². The van der Waals surface area contributed by atoms with Gasteiger partial charge in [-0.2, -0.15) is 0 Å². The first-order valence-electron chi connectivity index (χ1n) is 9.80. The predicted octanol–water partition coefficient (Wildman–Crippen LogP) is 4.69. The molecule has 5 heteroatoms. The van der Waals surface area contributed by atoms with Crippen molar-refractivity contribution in [3.63, 3.8) is 0 Å². The van der Waals surface area contributed by atoms with Gasteiger partial charge in [0.05, 0.1) is 0 Å². The molecule has 0 aliphatic rings. The number of carbonyl (C=O) groups is 1. The van der Waals surface area contributed by atoms with E-state index >= 15 is 0 Å². The largest absolute Gasteiger partial charge is 0.350 e. The van der Waals surface area contributed by atoms with Gasteiger partial charge in [-0.05, 0) is 28.8 Å². The van der Waals surface area contributed by atoms with Gasteiger partial charge in [-0.3, -0.25) is 4.79 Å². The topological polar surface area (TPSA) is 66.9 Å². The molecule has 0 fully saturated rings. The second-order valence-electron chi connectivity index (χ2n) is 6.88. The summed E-state index contributed by atoms with van der Waals surface area (Å²) in [5.41, 5.74) is 4.73. The molecular weight excluding hydrogens is 372 g/mol. The van der Waals surface area contributed by atoms with Crippen molar-refractivity contribution in [1.82, 2.24) is 15.3 Å². The van der Waals surface area contributed by atoms with Gasteiger partial charge >= 0.3 is 0 Å². The summed E-state index contributed by atoms with van der Waals surface area (Å²) < 4.78 is 0. The van der Waals surface area contributed by atoms with Gasteiger partial charge in [-0.25, -0.2) is 9.97 Å². The summed E-state index contributed by atoms with van der Waals surface area (Å²) in [5, 5.41) is 6.15. The summed E-state index contributed by atoms with van der Waals surface area (Å²) >= 11 is 0. The van der Waals surface area contributed by atoms with E-state index in [1.54, 1.807) is 12.4 Å². The molecule has 0 aliphatic carbocycles. The van der Waals surface area contributed by atoms with Crippen molar-refractivity contribution >= 4 is 11.9 Å². The van der Waals surface area contributed by atoms with Crippen molar-refractivity contribution in [2.24, 2.45) is 0 Å². The Balaban J connectivity index is 1.34. The highest BCUT2D eigenvalue weighted by Crippen LogP contribution is 2.19. The van der Waals surface area contributed by atoms with Crippen LogP contribution >= 0.6 is 0 Å². The van der Waals surface area contributed by atoms with E-state index in [-0.39, 0.29) is 5.91 Å². The summed E-state index contributed by atoms with van der Waals surface area (Å²) in [5.74, 6) is 0.488. The first kappa shape index (κ1) is 19.3. The number of rotatable bonds is 7. The van der Waals surface area contributed by atoms with E-state index in [0.29, 0.717) is 24.6 Å². The van der Waals surface area contributed by atoms with Crippen LogP contribution in [0.15, 0.2) is 97.3 Å². The molecular formula is C25H22N4O. The lowest BCUT2D eigenvalue weighted by Crippen LogP contribution is -2.22. The van der Waals surface area contributed by atoms with Gasteiger partial charge in [0.2, 0.25) is 5.95 Å². The molecule has 0 radical (unpaired) electrons. The van der Waals surface area contributed by atoms with Crippen LogP contribution in [0.25, 0.3) is 11.1 Å². The van der Waals surface area contributed by atoms with Gasteiger partial charge in [0, 0.05) is 36.6 Å². The van der Waals surface area contributed by atoms with Gasteiger partial charge in [-0.1, -0.05) is 72.8 Å². The number of anilines is 1. The molecule has 30 heavy (non-hydrogen) atoms. The molecule has 0 atom stereocenters. The summed E-state index contributed by atoms with van der Waals surface area (Å²) in [6.07, 6.45) is 3.57. The molecule has 1 aromatic heterocycles. The van der Waals surface area contributed by atoms with Crippen LogP contribution in [0.3, 0.4) is 0 Å². The fourth-order valence-electron chi connectivity index (χ4n) is 3.04. The van der Waals surface area contributed by atoms with Crippen molar-refractivity contribution in [3.05, 3.63) is 114 Å². The zero-order chi connectivity index (χ0) is 20.6. The van der Waals surface area contributed by atoms with Crippen LogP contribution < -0.4 is 10.6 Å². The number of amides is 1. The number of hydrogen-bond donors (Lipinski definition) is 2. The monoisotopic (exact) mass is 394 g/mol. The first-order chi connectivity index (χ1) is 14.8. The minimum absolute atomic E-state index is 0.0953. The molecule has 0 unspecified atom stereocenters. The number of benzene rings is 3. The highest BCUT2D eigenvalue weighted by Gasteiger charge is 2.07. The minimum atomic E-state index is -0.0953. The van der Waals surface area contributed by atoms with Gasteiger partial charge in [0.15, 0.2) is 0 Å². The third kappa shape index (κ3) is 5.08. The summed E-state index contributed by atoms with van der Waals surface area (Å²) in [6, 6.07) is 27.4. The quantitative estimate of drug-likeness (QED) is 0.477. The number of hydrogen-bond acceptors (Lipinski definition) is 4. The fourth-order valence-corrected chi connectivity index (χ4v) is 3.04. The van der Waals surface area contributed by atoms with Crippen LogP contribution in [0, 0.1) is 0 Å². The van der Waals surface area contributed by atoms with E-state index in [1.165, 1.54) is 5.56 Å². The Morgan fingerprint density at radius 1 is 0.667 bits per heavy atom. The number of nitrogens with zero attached hydrogens (tertiary/aromatic N) is 2. The zero-order valence-corrected chi connectivity index (χ0v) is 16.5. The molecule has 4 aromatic rings. The van der Waals surface area contributed by atoms with Crippen LogP contribution in [0.5, 0.6) is 0 Å². The Bertz CT molecular complexity index is 1080. The SMILES string of the molecule is O=C(NCc1ccccc1)c1ccc(-c2cnc(NCc3ccccc3)nc2)cc1. The van der Waals surface area contributed by atoms with Crippen molar-refractivity contribution in [2.75, 3.05) is 5.32 Å². The zero-order valence-electron chi connectivity index (χ0n) is 16.5. The molecule has 1 amide bonds. The molecule has 4 rings (SSSR count). The first-order valence-corrected chi connectivity index (χ1v) is 9.80. The lowest BCUT2D eigenvalue weighted by Gasteiger charge is -2.08. The molecule has 1 heterocycles. The Morgan fingerprint density at radius 3 is 1.83 bits per heavy atom. The lowest BCUT2D eigenvalue weighted by molar-refractivity contribution is 0.0951. The maximum Gasteiger partial charge on any atom is 0.251 e. The van der Waals surface area contributed by atoms with E-state index in [2.05, 4.69) is 32.7 Å². The molecule has 0 saturated heterocycles. The van der Waals surface area contributed by atoms with E-state index in [4.69, 9.17) is 0 Å². The Hall–Kier alpha value is -3.99. The van der Waals surface area contributed by atoms with E-state index in [9.17, 15) is 4.79 Å². The highest BCUT2D eigenvalue weighted by molar-refractivity contribution is 5.94. The number of nitrogens with one attached hydrogen (secondary N) is 2. The van der Waals surface area contributed by atoms with Crippen molar-refractivity contribution in [2.45, 2.75) is 13.1 Å². The van der Waals surface area contributed by atoms with Crippen LogP contribution in [0.2, 0.25) is 0 Å². The summed E-state index contributed by atoms with van der Waals surface area (Å²) in [6.45, 7) is 1.18. The molecule has 0 bridgehead atoms. The average molecular weight is 394 g/mol. The van der Waals surface area contributed by atoms with Crippen molar-refractivity contribution in [1.29, 1.82) is 0 Å². The molecule has 2 N–H and O–H groups in total. The standard InChI is InChI=1S/C25H22N4O/c30-24(26-15-19-7-3-1-4-8-19)22-13-11-21(12-14-22)23-17-28-25(29-18-23)27-16-20-9-5-2-6-10-20/h1-14,17-18H,15-16H2,(H,26,30)(H,27,28,29). The van der Waals surface area contributed by atoms with Gasteiger partial charge in [0.25, 0.3) is 5.91 Å². The second kappa shape index (κ2) is 9.47. The van der Waals surface area contributed by atoms with Crippen LogP contribution in [0.1, 0.15) is 21.5 Å². The third-order valence-electron chi connectivity index (χ3n) is 4.72. The smallest absolute Gasteiger partial charge is 0.251 e. The van der Waals surface area contributed by atoms with E-state index < -0.39 is 0 Å². The molecule has 5 nitrogen and oxygen atoms in total. The van der Waals surface area contributed by atoms with Crippen LogP contribution in [-0.4, -0.2) is 15.9 Å². The normalized spacial score (nSPS) is 10.4. The van der Waals surface area contributed by atoms with Crippen molar-refractivity contribution in [3.8, 4) is 11.1 Å². The molecule has 0 spiro atoms.